The zero-order chi connectivity index (χ0) is 16.8. The minimum atomic E-state index is -0.341. The first-order valence-electron chi connectivity index (χ1n) is 8.03. The smallest absolute Gasteiger partial charge is 0.152 e. The van der Waals surface area contributed by atoms with E-state index in [1.165, 1.54) is 17.2 Å². The normalized spacial score (nSPS) is 12.7. The van der Waals surface area contributed by atoms with Crippen molar-refractivity contribution in [3.63, 3.8) is 0 Å². The molecule has 0 atom stereocenters. The Morgan fingerprint density at radius 3 is 2.88 bits per heavy atom. The maximum absolute atomic E-state index is 13.8. The first-order chi connectivity index (χ1) is 12.3. The number of halogens is 1. The van der Waals surface area contributed by atoms with Gasteiger partial charge in [0, 0.05) is 29.9 Å². The summed E-state index contributed by atoms with van der Waals surface area (Å²) in [7, 11) is 0. The minimum Gasteiger partial charge on any atom is -0.326 e. The third-order valence-electron chi connectivity index (χ3n) is 4.38. The molecule has 4 nitrogen and oxygen atoms in total. The highest BCUT2D eigenvalue weighted by molar-refractivity contribution is 5.79. The fraction of sp³-hybridized carbons (Fsp3) is 0.0500. The van der Waals surface area contributed by atoms with Crippen molar-refractivity contribution in [3.05, 3.63) is 77.8 Å². The van der Waals surface area contributed by atoms with Gasteiger partial charge < -0.3 is 4.57 Å². The van der Waals surface area contributed by atoms with E-state index in [0.717, 1.165) is 18.1 Å². The van der Waals surface area contributed by atoms with Gasteiger partial charge in [0.05, 0.1) is 5.69 Å². The Kier molecular flexibility index (Phi) is 3.00. The van der Waals surface area contributed by atoms with Gasteiger partial charge in [-0.2, -0.15) is 0 Å². The standard InChI is InChI=1S/C20H13FN4/c21-17-7-3-5-13-10-22-18(24-19(13)17)9-8-15-12-25-11-14-4-1-2-6-16(14)20(25)23-15/h1-10,12H,11H2. The number of imidazole rings is 1. The highest BCUT2D eigenvalue weighted by Crippen LogP contribution is 2.31. The molecule has 5 heteroatoms. The summed E-state index contributed by atoms with van der Waals surface area (Å²) in [6.45, 7) is 0.837. The molecule has 0 amide bonds. The zero-order valence-corrected chi connectivity index (χ0v) is 13.2. The molecule has 0 radical (unpaired) electrons. The van der Waals surface area contributed by atoms with Crippen molar-refractivity contribution in [2.45, 2.75) is 6.54 Å². The maximum atomic E-state index is 13.8. The molecule has 1 aliphatic rings. The predicted octanol–water partition coefficient (Wildman–Crippen LogP) is 4.16. The molecule has 25 heavy (non-hydrogen) atoms. The number of fused-ring (bicyclic) bond motifs is 4. The van der Waals surface area contributed by atoms with Crippen LogP contribution in [0.25, 0.3) is 34.4 Å². The number of rotatable bonds is 2. The predicted molar refractivity (Wildman–Crippen MR) is 95.2 cm³/mol. The molecule has 0 fully saturated rings. The number of hydrogen-bond acceptors (Lipinski definition) is 3. The van der Waals surface area contributed by atoms with Crippen LogP contribution in [-0.2, 0) is 6.54 Å². The van der Waals surface area contributed by atoms with Gasteiger partial charge in [-0.05, 0) is 23.8 Å². The van der Waals surface area contributed by atoms with Crippen molar-refractivity contribution >= 4 is 23.1 Å². The second-order valence-electron chi connectivity index (χ2n) is 6.01. The van der Waals surface area contributed by atoms with Crippen molar-refractivity contribution in [2.75, 3.05) is 0 Å². The number of aromatic nitrogens is 4. The highest BCUT2D eigenvalue weighted by Gasteiger charge is 2.19. The molecule has 0 unspecified atom stereocenters. The van der Waals surface area contributed by atoms with E-state index < -0.39 is 0 Å². The molecule has 4 aromatic rings. The lowest BCUT2D eigenvalue weighted by molar-refractivity contribution is 0.636. The molecular formula is C20H13FN4. The topological polar surface area (TPSA) is 43.6 Å². The number of para-hydroxylation sites is 1. The second kappa shape index (κ2) is 5.34. The van der Waals surface area contributed by atoms with Gasteiger partial charge >= 0.3 is 0 Å². The number of nitrogens with zero attached hydrogens (tertiary/aromatic N) is 4. The van der Waals surface area contributed by atoms with E-state index in [4.69, 9.17) is 0 Å². The van der Waals surface area contributed by atoms with Crippen LogP contribution in [0.1, 0.15) is 17.1 Å². The molecule has 5 rings (SSSR count). The van der Waals surface area contributed by atoms with Crippen molar-refractivity contribution < 1.29 is 4.39 Å². The average molecular weight is 328 g/mol. The van der Waals surface area contributed by atoms with E-state index in [9.17, 15) is 4.39 Å². The van der Waals surface area contributed by atoms with Gasteiger partial charge in [-0.25, -0.2) is 19.3 Å². The molecule has 1 aliphatic heterocycles. The van der Waals surface area contributed by atoms with Gasteiger partial charge in [0.25, 0.3) is 0 Å². The summed E-state index contributed by atoms with van der Waals surface area (Å²) in [5.74, 6) is 1.10. The first kappa shape index (κ1) is 14.0. The molecule has 0 spiro atoms. The Balaban J connectivity index is 1.48. The van der Waals surface area contributed by atoms with E-state index in [1.807, 2.05) is 24.4 Å². The lowest BCUT2D eigenvalue weighted by Gasteiger charge is -1.99. The molecular weight excluding hydrogens is 315 g/mol. The molecule has 2 aromatic heterocycles. The largest absolute Gasteiger partial charge is 0.326 e. The summed E-state index contributed by atoms with van der Waals surface area (Å²) in [6.07, 6.45) is 7.26. The van der Waals surface area contributed by atoms with Gasteiger partial charge in [0.1, 0.15) is 17.2 Å². The maximum Gasteiger partial charge on any atom is 0.152 e. The van der Waals surface area contributed by atoms with Crippen molar-refractivity contribution in [1.29, 1.82) is 0 Å². The number of benzene rings is 2. The average Bonchev–Trinajstić information content (AvgIpc) is 3.18. The summed E-state index contributed by atoms with van der Waals surface area (Å²) in [5.41, 5.74) is 3.63. The van der Waals surface area contributed by atoms with E-state index >= 15 is 0 Å². The van der Waals surface area contributed by atoms with Crippen LogP contribution in [0.2, 0.25) is 0 Å². The van der Waals surface area contributed by atoms with E-state index in [1.54, 1.807) is 24.4 Å². The Morgan fingerprint density at radius 1 is 1.00 bits per heavy atom. The van der Waals surface area contributed by atoms with Gasteiger partial charge in [-0.1, -0.05) is 36.4 Å². The molecule has 0 N–H and O–H groups in total. The van der Waals surface area contributed by atoms with Crippen molar-refractivity contribution in [2.24, 2.45) is 0 Å². The lowest BCUT2D eigenvalue weighted by Crippen LogP contribution is -1.91. The molecule has 0 aliphatic carbocycles. The summed E-state index contributed by atoms with van der Waals surface area (Å²) in [5, 5.41) is 0.690. The Morgan fingerprint density at radius 2 is 1.92 bits per heavy atom. The first-order valence-corrected chi connectivity index (χ1v) is 8.03. The third kappa shape index (κ3) is 2.32. The summed E-state index contributed by atoms with van der Waals surface area (Å²) in [4.78, 5) is 13.2. The summed E-state index contributed by atoms with van der Waals surface area (Å²) < 4.78 is 16.0. The van der Waals surface area contributed by atoms with Gasteiger partial charge in [0.2, 0.25) is 0 Å². The monoisotopic (exact) mass is 328 g/mol. The fourth-order valence-electron chi connectivity index (χ4n) is 3.19. The molecule has 0 saturated heterocycles. The van der Waals surface area contributed by atoms with E-state index in [-0.39, 0.29) is 5.82 Å². The van der Waals surface area contributed by atoms with Crippen LogP contribution in [0, 0.1) is 5.82 Å². The quantitative estimate of drug-likeness (QED) is 0.488. The summed E-state index contributed by atoms with van der Waals surface area (Å²) in [6, 6.07) is 13.1. The fourth-order valence-corrected chi connectivity index (χ4v) is 3.19. The minimum absolute atomic E-state index is 0.332. The van der Waals surface area contributed by atoms with Crippen LogP contribution < -0.4 is 0 Å². The van der Waals surface area contributed by atoms with Crippen LogP contribution in [-0.4, -0.2) is 19.5 Å². The van der Waals surface area contributed by atoms with Gasteiger partial charge in [-0.3, -0.25) is 0 Å². The van der Waals surface area contributed by atoms with Gasteiger partial charge in [-0.15, -0.1) is 0 Å². The zero-order valence-electron chi connectivity index (χ0n) is 13.2. The van der Waals surface area contributed by atoms with Crippen LogP contribution in [0.3, 0.4) is 0 Å². The van der Waals surface area contributed by atoms with Crippen LogP contribution in [0.15, 0.2) is 54.9 Å². The van der Waals surface area contributed by atoms with Crippen LogP contribution in [0.5, 0.6) is 0 Å². The highest BCUT2D eigenvalue weighted by atomic mass is 19.1. The van der Waals surface area contributed by atoms with Crippen molar-refractivity contribution in [1.82, 2.24) is 19.5 Å². The Hall–Kier alpha value is -3.34. The molecule has 120 valence electrons. The Labute approximate surface area is 143 Å². The van der Waals surface area contributed by atoms with Gasteiger partial charge in [0.15, 0.2) is 5.82 Å². The third-order valence-corrected chi connectivity index (χ3v) is 4.38. The number of hydrogen-bond donors (Lipinski definition) is 0. The second-order valence-corrected chi connectivity index (χ2v) is 6.01. The van der Waals surface area contributed by atoms with Crippen LogP contribution in [0.4, 0.5) is 4.39 Å². The Bertz CT molecular complexity index is 1140. The van der Waals surface area contributed by atoms with E-state index in [0.29, 0.717) is 16.7 Å². The SMILES string of the molecule is Fc1cccc2cnc(C=Cc3cn4c(n3)-c3ccccc3C4)nc12. The lowest BCUT2D eigenvalue weighted by atomic mass is 10.1. The van der Waals surface area contributed by atoms with E-state index in [2.05, 4.69) is 31.7 Å². The van der Waals surface area contributed by atoms with Crippen LogP contribution >= 0.6 is 0 Å². The molecule has 0 bridgehead atoms. The molecule has 3 heterocycles. The molecule has 0 saturated carbocycles. The molecule has 2 aromatic carbocycles. The summed E-state index contributed by atoms with van der Waals surface area (Å²) >= 11 is 0. The van der Waals surface area contributed by atoms with Crippen molar-refractivity contribution in [3.8, 4) is 11.4 Å².